The molecule has 0 aliphatic carbocycles. The van der Waals surface area contributed by atoms with Gasteiger partial charge in [-0.05, 0) is 6.92 Å². The van der Waals surface area contributed by atoms with Crippen LogP contribution in [0.1, 0.15) is 6.92 Å². The summed E-state index contributed by atoms with van der Waals surface area (Å²) in [5, 5.41) is 0. The zero-order chi connectivity index (χ0) is 8.27. The first-order chi connectivity index (χ1) is 5.29. The molecule has 1 aliphatic rings. The Morgan fingerprint density at radius 2 is 2.36 bits per heavy atom. The fourth-order valence-corrected chi connectivity index (χ4v) is 0.744. The smallest absolute Gasteiger partial charge is 0.197 e. The largest absolute Gasteiger partial charge is 0.487 e. The number of ether oxygens (including phenoxy) is 1. The highest BCUT2D eigenvalue weighted by Crippen LogP contribution is 2.10. The van der Waals surface area contributed by atoms with Crippen molar-refractivity contribution in [2.24, 2.45) is 5.73 Å². The average molecular weight is 155 g/mol. The number of carbonyl (C=O) groups excluding carboxylic acids is 1. The van der Waals surface area contributed by atoms with E-state index in [9.17, 15) is 4.79 Å². The van der Waals surface area contributed by atoms with Gasteiger partial charge in [-0.25, -0.2) is 4.79 Å². The summed E-state index contributed by atoms with van der Waals surface area (Å²) >= 11 is 0. The summed E-state index contributed by atoms with van der Waals surface area (Å²) in [7, 11) is 0. The highest BCUT2D eigenvalue weighted by atomic mass is 16.5. The van der Waals surface area contributed by atoms with Gasteiger partial charge in [0.1, 0.15) is 0 Å². The molecule has 0 unspecified atom stereocenters. The molecule has 0 amide bonds. The van der Waals surface area contributed by atoms with Crippen LogP contribution in [0.15, 0.2) is 17.3 Å². The molecule has 0 bridgehead atoms. The van der Waals surface area contributed by atoms with Crippen LogP contribution < -0.4 is 16.6 Å². The fourth-order valence-electron chi connectivity index (χ4n) is 0.744. The summed E-state index contributed by atoms with van der Waals surface area (Å²) in [6.45, 7) is 2.27. The topological polar surface area (TPSA) is 76.4 Å². The standard InChI is InChI=1S/C6H9N3O2/c1-2-11-5-4(3-10)8-9-6(5)7/h8-9H,2,7H2,1H3. The molecule has 0 atom stereocenters. The molecule has 0 saturated carbocycles. The van der Waals surface area contributed by atoms with Gasteiger partial charge in [-0.2, -0.15) is 0 Å². The lowest BCUT2D eigenvalue weighted by Crippen LogP contribution is -2.26. The molecule has 11 heavy (non-hydrogen) atoms. The van der Waals surface area contributed by atoms with Gasteiger partial charge in [-0.15, -0.1) is 0 Å². The quantitative estimate of drug-likeness (QED) is 0.445. The van der Waals surface area contributed by atoms with Crippen LogP contribution in [-0.2, 0) is 9.53 Å². The Morgan fingerprint density at radius 1 is 1.64 bits per heavy atom. The van der Waals surface area contributed by atoms with Crippen molar-refractivity contribution in [3.63, 3.8) is 0 Å². The molecule has 1 rings (SSSR count). The van der Waals surface area contributed by atoms with Crippen LogP contribution in [0, 0.1) is 0 Å². The van der Waals surface area contributed by atoms with Gasteiger partial charge in [0, 0.05) is 0 Å². The molecule has 0 aromatic carbocycles. The first-order valence-corrected chi connectivity index (χ1v) is 3.19. The zero-order valence-corrected chi connectivity index (χ0v) is 6.10. The van der Waals surface area contributed by atoms with Crippen LogP contribution in [0.5, 0.6) is 0 Å². The van der Waals surface area contributed by atoms with Crippen molar-refractivity contribution in [1.82, 2.24) is 10.9 Å². The highest BCUT2D eigenvalue weighted by Gasteiger charge is 2.18. The maximum atomic E-state index is 10.2. The van der Waals surface area contributed by atoms with Crippen LogP contribution in [0.25, 0.3) is 0 Å². The molecule has 0 saturated heterocycles. The SMILES string of the molecule is CCOC1=C(N)NNC1=C=O. The lowest BCUT2D eigenvalue weighted by molar-refractivity contribution is 0.236. The van der Waals surface area contributed by atoms with Crippen LogP contribution >= 0.6 is 0 Å². The summed E-state index contributed by atoms with van der Waals surface area (Å²) < 4.78 is 5.05. The van der Waals surface area contributed by atoms with E-state index in [0.29, 0.717) is 18.2 Å². The molecule has 60 valence electrons. The summed E-state index contributed by atoms with van der Waals surface area (Å²) in [6, 6.07) is 0. The van der Waals surface area contributed by atoms with E-state index >= 15 is 0 Å². The maximum Gasteiger partial charge on any atom is 0.197 e. The molecular formula is C6H9N3O2. The minimum atomic E-state index is 0.212. The number of nitrogens with two attached hydrogens (primary N) is 1. The van der Waals surface area contributed by atoms with Crippen LogP contribution in [0.3, 0.4) is 0 Å². The second-order valence-electron chi connectivity index (χ2n) is 1.90. The number of hydrazine groups is 1. The van der Waals surface area contributed by atoms with Crippen molar-refractivity contribution in [2.45, 2.75) is 6.92 Å². The van der Waals surface area contributed by atoms with E-state index in [-0.39, 0.29) is 5.70 Å². The minimum Gasteiger partial charge on any atom is -0.487 e. The molecule has 0 fully saturated rings. The zero-order valence-electron chi connectivity index (χ0n) is 6.10. The van der Waals surface area contributed by atoms with Crippen molar-refractivity contribution < 1.29 is 9.53 Å². The van der Waals surface area contributed by atoms with Gasteiger partial charge in [0.25, 0.3) is 0 Å². The Labute approximate surface area is 63.9 Å². The molecule has 4 N–H and O–H groups in total. The van der Waals surface area contributed by atoms with Gasteiger partial charge in [-0.1, -0.05) is 0 Å². The number of nitrogens with one attached hydrogen (secondary N) is 2. The van der Waals surface area contributed by atoms with Crippen LogP contribution in [0.4, 0.5) is 0 Å². The Bertz CT molecular complexity index is 240. The minimum absolute atomic E-state index is 0.212. The second-order valence-corrected chi connectivity index (χ2v) is 1.90. The Morgan fingerprint density at radius 3 is 2.91 bits per heavy atom. The van der Waals surface area contributed by atoms with Gasteiger partial charge < -0.3 is 10.5 Å². The third-order valence-electron chi connectivity index (χ3n) is 1.18. The Balaban J connectivity index is 2.85. The fraction of sp³-hybridized carbons (Fsp3) is 0.333. The van der Waals surface area contributed by atoms with E-state index in [2.05, 4.69) is 10.9 Å². The third kappa shape index (κ3) is 1.28. The first-order valence-electron chi connectivity index (χ1n) is 3.19. The summed E-state index contributed by atoms with van der Waals surface area (Å²) in [5.41, 5.74) is 10.7. The molecule has 0 aromatic rings. The second kappa shape index (κ2) is 2.98. The van der Waals surface area contributed by atoms with E-state index in [0.717, 1.165) is 0 Å². The van der Waals surface area contributed by atoms with E-state index in [1.54, 1.807) is 12.9 Å². The lowest BCUT2D eigenvalue weighted by atomic mass is 10.4. The molecule has 0 spiro atoms. The predicted octanol–water partition coefficient (Wildman–Crippen LogP) is -1.03. The van der Waals surface area contributed by atoms with Crippen LogP contribution in [-0.4, -0.2) is 12.5 Å². The molecule has 1 heterocycles. The molecule has 0 radical (unpaired) electrons. The lowest BCUT2D eigenvalue weighted by Gasteiger charge is -2.00. The summed E-state index contributed by atoms with van der Waals surface area (Å²) in [5.74, 6) is 2.31. The molecule has 5 nitrogen and oxygen atoms in total. The van der Waals surface area contributed by atoms with Crippen LogP contribution in [0.2, 0.25) is 0 Å². The molecule has 5 heteroatoms. The monoisotopic (exact) mass is 155 g/mol. The number of hydrogen-bond donors (Lipinski definition) is 3. The van der Waals surface area contributed by atoms with Gasteiger partial charge in [0.15, 0.2) is 23.2 Å². The van der Waals surface area contributed by atoms with E-state index in [4.69, 9.17) is 10.5 Å². The molecule has 0 aromatic heterocycles. The van der Waals surface area contributed by atoms with Crippen molar-refractivity contribution in [2.75, 3.05) is 6.61 Å². The van der Waals surface area contributed by atoms with Gasteiger partial charge in [-0.3, -0.25) is 10.9 Å². The summed E-state index contributed by atoms with van der Waals surface area (Å²) in [4.78, 5) is 10.2. The highest BCUT2D eigenvalue weighted by molar-refractivity contribution is 5.60. The Kier molecular flexibility index (Phi) is 2.03. The van der Waals surface area contributed by atoms with E-state index in [1.807, 2.05) is 0 Å². The van der Waals surface area contributed by atoms with Gasteiger partial charge in [0.2, 0.25) is 0 Å². The van der Waals surface area contributed by atoms with Crippen molar-refractivity contribution in [3.05, 3.63) is 17.3 Å². The third-order valence-corrected chi connectivity index (χ3v) is 1.18. The number of rotatable bonds is 2. The Hall–Kier alpha value is -1.61. The number of hydrogen-bond acceptors (Lipinski definition) is 5. The van der Waals surface area contributed by atoms with Gasteiger partial charge >= 0.3 is 0 Å². The predicted molar refractivity (Wildman–Crippen MR) is 38.3 cm³/mol. The first kappa shape index (κ1) is 7.50. The normalized spacial score (nSPS) is 15.5. The average Bonchev–Trinajstić information content (AvgIpc) is 2.34. The van der Waals surface area contributed by atoms with Crippen molar-refractivity contribution in [1.29, 1.82) is 0 Å². The van der Waals surface area contributed by atoms with Crippen molar-refractivity contribution >= 4 is 5.94 Å². The molecule has 1 aliphatic heterocycles. The maximum absolute atomic E-state index is 10.2. The van der Waals surface area contributed by atoms with E-state index < -0.39 is 0 Å². The van der Waals surface area contributed by atoms with Gasteiger partial charge in [0.05, 0.1) is 6.61 Å². The van der Waals surface area contributed by atoms with E-state index in [1.165, 1.54) is 0 Å². The molecular weight excluding hydrogens is 146 g/mol. The summed E-state index contributed by atoms with van der Waals surface area (Å²) in [6.07, 6.45) is 0. The van der Waals surface area contributed by atoms with Crippen molar-refractivity contribution in [3.8, 4) is 0 Å².